The van der Waals surface area contributed by atoms with Gasteiger partial charge in [0.1, 0.15) is 0 Å². The van der Waals surface area contributed by atoms with Gasteiger partial charge in [-0.05, 0) is 106 Å². The molecule has 57 heavy (non-hydrogen) atoms. The van der Waals surface area contributed by atoms with Gasteiger partial charge in [0.05, 0.1) is 11.1 Å². The van der Waals surface area contributed by atoms with Crippen molar-refractivity contribution < 1.29 is 0 Å². The van der Waals surface area contributed by atoms with Gasteiger partial charge in [-0.1, -0.05) is 194 Å². The van der Waals surface area contributed by atoms with Gasteiger partial charge in [0.15, 0.2) is 0 Å². The Morgan fingerprint density at radius 3 is 1.26 bits per heavy atom. The Hall–Kier alpha value is -7.35. The molecule has 1 spiro atoms. The van der Waals surface area contributed by atoms with Crippen LogP contribution in [-0.2, 0) is 5.41 Å². The molecule has 1 heteroatoms. The van der Waals surface area contributed by atoms with Crippen LogP contribution >= 0.6 is 0 Å². The molecule has 0 N–H and O–H groups in total. The van der Waals surface area contributed by atoms with Crippen molar-refractivity contribution >= 4 is 21.5 Å². The number of nitrogens with zero attached hydrogens (tertiary/aromatic N) is 1. The lowest BCUT2D eigenvalue weighted by Gasteiger charge is -2.30. The first-order chi connectivity index (χ1) is 28.3. The van der Waals surface area contributed by atoms with E-state index in [4.69, 9.17) is 4.98 Å². The number of hydrogen-bond donors (Lipinski definition) is 0. The fourth-order valence-corrected chi connectivity index (χ4v) is 10.2. The highest BCUT2D eigenvalue weighted by Crippen LogP contribution is 2.63. The van der Waals surface area contributed by atoms with Crippen LogP contribution in [0.3, 0.4) is 0 Å². The third-order valence-electron chi connectivity index (χ3n) is 12.6. The van der Waals surface area contributed by atoms with E-state index in [1.54, 1.807) is 0 Å². The highest BCUT2D eigenvalue weighted by atomic mass is 14.7. The van der Waals surface area contributed by atoms with Crippen molar-refractivity contribution in [3.8, 4) is 66.9 Å². The summed E-state index contributed by atoms with van der Waals surface area (Å²) in [5.74, 6) is 0. The monoisotopic (exact) mass is 721 g/mol. The fraction of sp³-hybridized carbons (Fsp3) is 0.0179. The van der Waals surface area contributed by atoms with Gasteiger partial charge in [-0.3, -0.25) is 4.98 Å². The zero-order valence-corrected chi connectivity index (χ0v) is 31.2. The largest absolute Gasteiger partial charge is 0.256 e. The number of fused-ring (bicyclic) bond motifs is 12. The average molecular weight is 722 g/mol. The predicted octanol–water partition coefficient (Wildman–Crippen LogP) is 14.4. The first-order valence-electron chi connectivity index (χ1n) is 19.8. The number of benzene rings is 9. The molecule has 0 bridgehead atoms. The van der Waals surface area contributed by atoms with Gasteiger partial charge in [-0.2, -0.15) is 0 Å². The van der Waals surface area contributed by atoms with Gasteiger partial charge in [0.25, 0.3) is 0 Å². The summed E-state index contributed by atoms with van der Waals surface area (Å²) >= 11 is 0. The van der Waals surface area contributed by atoms with Crippen molar-refractivity contribution in [2.45, 2.75) is 5.41 Å². The lowest BCUT2D eigenvalue weighted by Crippen LogP contribution is -2.25. The van der Waals surface area contributed by atoms with Crippen molar-refractivity contribution in [2.75, 3.05) is 0 Å². The van der Waals surface area contributed by atoms with E-state index in [0.29, 0.717) is 0 Å². The molecule has 0 atom stereocenters. The molecule has 1 aromatic heterocycles. The van der Waals surface area contributed by atoms with Crippen molar-refractivity contribution in [2.24, 2.45) is 0 Å². The standard InChI is InChI=1S/C56H35N/c1-2-14-36(15-3-1)37-26-28-38(29-27-37)54-44-19-4-6-21-46(44)55(47-22-7-5-20-45(47)54)53-33-31-40(35-57-53)39-30-32-52-48(34-39)43-18-10-13-25-51(43)56(52)49-23-11-8-16-41(49)42-17-9-12-24-50(42)56/h1-35H. The summed E-state index contributed by atoms with van der Waals surface area (Å²) in [7, 11) is 0. The molecule has 0 aliphatic heterocycles. The molecule has 10 aromatic rings. The average Bonchev–Trinajstić information content (AvgIpc) is 3.76. The van der Waals surface area contributed by atoms with Crippen LogP contribution in [0.5, 0.6) is 0 Å². The summed E-state index contributed by atoms with van der Waals surface area (Å²) in [5, 5.41) is 4.86. The van der Waals surface area contributed by atoms with Gasteiger partial charge in [0.2, 0.25) is 0 Å². The lowest BCUT2D eigenvalue weighted by atomic mass is 9.70. The van der Waals surface area contributed by atoms with Gasteiger partial charge in [-0.25, -0.2) is 0 Å². The van der Waals surface area contributed by atoms with Gasteiger partial charge in [-0.15, -0.1) is 0 Å². The normalized spacial score (nSPS) is 13.1. The molecule has 0 amide bonds. The van der Waals surface area contributed by atoms with Crippen molar-refractivity contribution in [3.05, 3.63) is 235 Å². The molecule has 1 heterocycles. The van der Waals surface area contributed by atoms with E-state index in [1.807, 2.05) is 0 Å². The second-order valence-electron chi connectivity index (χ2n) is 15.4. The van der Waals surface area contributed by atoms with E-state index in [2.05, 4.69) is 212 Å². The van der Waals surface area contributed by atoms with Crippen molar-refractivity contribution in [1.29, 1.82) is 0 Å². The zero-order chi connectivity index (χ0) is 37.5. The van der Waals surface area contributed by atoms with Crippen LogP contribution < -0.4 is 0 Å². The molecule has 1 nitrogen and oxygen atoms in total. The second-order valence-corrected chi connectivity index (χ2v) is 15.4. The smallest absolute Gasteiger partial charge is 0.0725 e. The highest BCUT2D eigenvalue weighted by molar-refractivity contribution is 6.21. The molecular formula is C56H35N. The Balaban J connectivity index is 0.979. The molecule has 0 saturated carbocycles. The van der Waals surface area contributed by atoms with Crippen molar-refractivity contribution in [3.63, 3.8) is 0 Å². The molecule has 0 fully saturated rings. The molecule has 0 radical (unpaired) electrons. The molecule has 2 aliphatic rings. The minimum Gasteiger partial charge on any atom is -0.256 e. The molecule has 2 aliphatic carbocycles. The third kappa shape index (κ3) is 4.54. The molecule has 9 aromatic carbocycles. The lowest BCUT2D eigenvalue weighted by molar-refractivity contribution is 0.794. The Labute approximate surface area is 332 Å². The summed E-state index contributed by atoms with van der Waals surface area (Å²) in [6.07, 6.45) is 2.06. The first kappa shape index (κ1) is 31.9. The van der Waals surface area contributed by atoms with Crippen LogP contribution in [-0.4, -0.2) is 4.98 Å². The van der Waals surface area contributed by atoms with Gasteiger partial charge >= 0.3 is 0 Å². The maximum atomic E-state index is 5.24. The number of aromatic nitrogens is 1. The Morgan fingerprint density at radius 2 is 0.702 bits per heavy atom. The Morgan fingerprint density at radius 1 is 0.281 bits per heavy atom. The van der Waals surface area contributed by atoms with Crippen LogP contribution in [0, 0.1) is 0 Å². The summed E-state index contributed by atoms with van der Waals surface area (Å²) in [4.78, 5) is 5.24. The van der Waals surface area contributed by atoms with E-state index < -0.39 is 0 Å². The van der Waals surface area contributed by atoms with Gasteiger partial charge < -0.3 is 0 Å². The van der Waals surface area contributed by atoms with E-state index >= 15 is 0 Å². The van der Waals surface area contributed by atoms with E-state index in [1.165, 1.54) is 99.4 Å². The highest BCUT2D eigenvalue weighted by Gasteiger charge is 2.51. The summed E-state index contributed by atoms with van der Waals surface area (Å²) < 4.78 is 0. The minimum atomic E-state index is -0.335. The summed E-state index contributed by atoms with van der Waals surface area (Å²) in [5.41, 5.74) is 19.7. The van der Waals surface area contributed by atoms with Crippen LogP contribution in [0.2, 0.25) is 0 Å². The maximum absolute atomic E-state index is 5.24. The molecule has 12 rings (SSSR count). The predicted molar refractivity (Wildman–Crippen MR) is 237 cm³/mol. The fourth-order valence-electron chi connectivity index (χ4n) is 10.2. The third-order valence-corrected chi connectivity index (χ3v) is 12.6. The Kier molecular flexibility index (Phi) is 6.91. The SMILES string of the molecule is c1ccc(-c2ccc(-c3c4ccccc4c(-c4ccc(-c5ccc6c(c5)-c5ccccc5C65c6ccccc6-c6ccccc65)cn4)c4ccccc34)cc2)cc1. The molecular weight excluding hydrogens is 687 g/mol. The van der Waals surface area contributed by atoms with E-state index in [0.717, 1.165) is 11.3 Å². The zero-order valence-electron chi connectivity index (χ0n) is 31.2. The molecule has 0 saturated heterocycles. The van der Waals surface area contributed by atoms with Crippen LogP contribution in [0.15, 0.2) is 212 Å². The summed E-state index contributed by atoms with van der Waals surface area (Å²) in [6.45, 7) is 0. The second kappa shape index (κ2) is 12.3. The quantitative estimate of drug-likeness (QED) is 0.165. The van der Waals surface area contributed by atoms with Crippen LogP contribution in [0.25, 0.3) is 88.4 Å². The summed E-state index contributed by atoms with van der Waals surface area (Å²) in [6, 6.07) is 75.7. The van der Waals surface area contributed by atoms with Crippen LogP contribution in [0.4, 0.5) is 0 Å². The topological polar surface area (TPSA) is 12.9 Å². The van der Waals surface area contributed by atoms with Crippen LogP contribution in [0.1, 0.15) is 22.3 Å². The molecule has 264 valence electrons. The number of rotatable bonds is 4. The molecule has 0 unspecified atom stereocenters. The van der Waals surface area contributed by atoms with Crippen molar-refractivity contribution in [1.82, 2.24) is 4.98 Å². The van der Waals surface area contributed by atoms with Gasteiger partial charge in [0, 0.05) is 17.3 Å². The minimum absolute atomic E-state index is 0.335. The number of pyridine rings is 1. The van der Waals surface area contributed by atoms with E-state index in [-0.39, 0.29) is 5.41 Å². The Bertz CT molecular complexity index is 3110. The van der Waals surface area contributed by atoms with E-state index in [9.17, 15) is 0 Å². The number of hydrogen-bond acceptors (Lipinski definition) is 1. The maximum Gasteiger partial charge on any atom is 0.0725 e. The first-order valence-corrected chi connectivity index (χ1v) is 19.8.